The molecule has 2 aromatic rings. The first-order valence-electron chi connectivity index (χ1n) is 9.55. The number of rotatable bonds is 6. The molecule has 0 aromatic heterocycles. The van der Waals surface area contributed by atoms with E-state index in [1.54, 1.807) is 29.2 Å². The van der Waals surface area contributed by atoms with Gasteiger partial charge in [0.25, 0.3) is 11.7 Å². The summed E-state index contributed by atoms with van der Waals surface area (Å²) in [6, 6.07) is 13.7. The number of aliphatic hydroxyl groups is 1. The van der Waals surface area contributed by atoms with Crippen molar-refractivity contribution in [1.29, 1.82) is 0 Å². The number of unbranched alkanes of at least 4 members (excludes halogenated alkanes) is 2. The van der Waals surface area contributed by atoms with Crippen molar-refractivity contribution in [3.05, 3.63) is 75.8 Å². The average molecular weight is 398 g/mol. The SMILES string of the molecule is CCCCCN1C(=O)C(=O)/C(=C(\O)c2ccc(Cl)cc2)C1c1cccc(C)c1. The Morgan fingerprint density at radius 2 is 1.82 bits per heavy atom. The van der Waals surface area contributed by atoms with Crippen molar-refractivity contribution in [1.82, 2.24) is 4.90 Å². The van der Waals surface area contributed by atoms with Crippen LogP contribution < -0.4 is 0 Å². The molecule has 0 saturated carbocycles. The van der Waals surface area contributed by atoms with Gasteiger partial charge in [0.05, 0.1) is 11.6 Å². The molecule has 4 nitrogen and oxygen atoms in total. The highest BCUT2D eigenvalue weighted by Gasteiger charge is 2.45. The molecule has 0 bridgehead atoms. The second-order valence-electron chi connectivity index (χ2n) is 7.12. The molecule has 3 rings (SSSR count). The van der Waals surface area contributed by atoms with E-state index in [2.05, 4.69) is 6.92 Å². The number of hydrogen-bond donors (Lipinski definition) is 1. The lowest BCUT2D eigenvalue weighted by Crippen LogP contribution is -2.30. The maximum absolute atomic E-state index is 12.9. The Kier molecular flexibility index (Phi) is 6.20. The topological polar surface area (TPSA) is 57.6 Å². The highest BCUT2D eigenvalue weighted by Crippen LogP contribution is 2.39. The average Bonchev–Trinajstić information content (AvgIpc) is 2.93. The molecule has 28 heavy (non-hydrogen) atoms. The summed E-state index contributed by atoms with van der Waals surface area (Å²) in [5.74, 6) is -1.37. The third kappa shape index (κ3) is 3.97. The van der Waals surface area contributed by atoms with Gasteiger partial charge in [-0.25, -0.2) is 0 Å². The molecule has 1 aliphatic heterocycles. The second-order valence-corrected chi connectivity index (χ2v) is 7.56. The highest BCUT2D eigenvalue weighted by atomic mass is 35.5. The van der Waals surface area contributed by atoms with Crippen LogP contribution in [0.25, 0.3) is 5.76 Å². The van der Waals surface area contributed by atoms with Gasteiger partial charge in [0.15, 0.2) is 0 Å². The lowest BCUT2D eigenvalue weighted by Gasteiger charge is -2.25. The molecule has 1 N–H and O–H groups in total. The molecule has 1 unspecified atom stereocenters. The Morgan fingerprint density at radius 3 is 2.46 bits per heavy atom. The van der Waals surface area contributed by atoms with Crippen LogP contribution in [-0.2, 0) is 9.59 Å². The Balaban J connectivity index is 2.12. The highest BCUT2D eigenvalue weighted by molar-refractivity contribution is 6.46. The van der Waals surface area contributed by atoms with Gasteiger partial charge in [0.1, 0.15) is 5.76 Å². The number of benzene rings is 2. The van der Waals surface area contributed by atoms with Crippen LogP contribution >= 0.6 is 11.6 Å². The monoisotopic (exact) mass is 397 g/mol. The van der Waals surface area contributed by atoms with Gasteiger partial charge in [0.2, 0.25) is 0 Å². The van der Waals surface area contributed by atoms with Gasteiger partial charge in [-0.05, 0) is 43.2 Å². The summed E-state index contributed by atoms with van der Waals surface area (Å²) in [5.41, 5.74) is 2.46. The van der Waals surface area contributed by atoms with E-state index in [-0.39, 0.29) is 11.3 Å². The molecule has 1 atom stereocenters. The van der Waals surface area contributed by atoms with Crippen LogP contribution in [0, 0.1) is 6.92 Å². The first kappa shape index (κ1) is 20.2. The van der Waals surface area contributed by atoms with E-state index >= 15 is 0 Å². The zero-order valence-corrected chi connectivity index (χ0v) is 16.9. The molecule has 1 fully saturated rings. The van der Waals surface area contributed by atoms with Gasteiger partial charge in [-0.1, -0.05) is 61.2 Å². The van der Waals surface area contributed by atoms with Crippen molar-refractivity contribution in [2.75, 3.05) is 6.54 Å². The molecule has 0 radical (unpaired) electrons. The summed E-state index contributed by atoms with van der Waals surface area (Å²) in [4.78, 5) is 27.2. The van der Waals surface area contributed by atoms with Gasteiger partial charge in [-0.3, -0.25) is 9.59 Å². The van der Waals surface area contributed by atoms with Crippen LogP contribution in [-0.4, -0.2) is 28.2 Å². The molecule has 1 heterocycles. The number of likely N-dealkylation sites (tertiary alicyclic amines) is 1. The minimum atomic E-state index is -0.643. The zero-order valence-electron chi connectivity index (χ0n) is 16.1. The van der Waals surface area contributed by atoms with E-state index in [0.717, 1.165) is 30.4 Å². The smallest absolute Gasteiger partial charge is 0.295 e. The molecule has 1 amide bonds. The fourth-order valence-corrected chi connectivity index (χ4v) is 3.72. The van der Waals surface area contributed by atoms with Crippen molar-refractivity contribution < 1.29 is 14.7 Å². The quantitative estimate of drug-likeness (QED) is 0.313. The summed E-state index contributed by atoms with van der Waals surface area (Å²) >= 11 is 5.94. The Bertz CT molecular complexity index is 918. The Labute approximate surface area is 170 Å². The number of carbonyl (C=O) groups is 2. The molecule has 1 aliphatic rings. The number of aliphatic hydroxyl groups excluding tert-OH is 1. The van der Waals surface area contributed by atoms with E-state index < -0.39 is 17.7 Å². The fraction of sp³-hybridized carbons (Fsp3) is 0.304. The minimum Gasteiger partial charge on any atom is -0.507 e. The zero-order chi connectivity index (χ0) is 20.3. The van der Waals surface area contributed by atoms with Crippen LogP contribution in [0.5, 0.6) is 0 Å². The third-order valence-electron chi connectivity index (χ3n) is 5.02. The van der Waals surface area contributed by atoms with E-state index in [1.165, 1.54) is 0 Å². The van der Waals surface area contributed by atoms with Crippen LogP contribution in [0.15, 0.2) is 54.1 Å². The molecular weight excluding hydrogens is 374 g/mol. The largest absolute Gasteiger partial charge is 0.507 e. The summed E-state index contributed by atoms with van der Waals surface area (Å²) < 4.78 is 0. The number of halogens is 1. The van der Waals surface area contributed by atoms with Gasteiger partial charge >= 0.3 is 0 Å². The van der Waals surface area contributed by atoms with Crippen molar-refractivity contribution in [2.45, 2.75) is 39.2 Å². The lowest BCUT2D eigenvalue weighted by atomic mass is 9.94. The third-order valence-corrected chi connectivity index (χ3v) is 5.27. The van der Waals surface area contributed by atoms with Gasteiger partial charge in [0, 0.05) is 17.1 Å². The van der Waals surface area contributed by atoms with Crippen molar-refractivity contribution >= 4 is 29.1 Å². The maximum Gasteiger partial charge on any atom is 0.295 e. The van der Waals surface area contributed by atoms with Gasteiger partial charge < -0.3 is 10.0 Å². The number of amides is 1. The predicted octanol–water partition coefficient (Wildman–Crippen LogP) is 5.26. The number of aryl methyl sites for hydroxylation is 1. The molecule has 1 saturated heterocycles. The lowest BCUT2D eigenvalue weighted by molar-refractivity contribution is -0.139. The predicted molar refractivity (Wildman–Crippen MR) is 111 cm³/mol. The van der Waals surface area contributed by atoms with E-state index in [9.17, 15) is 14.7 Å². The van der Waals surface area contributed by atoms with Crippen molar-refractivity contribution in [3.8, 4) is 0 Å². The summed E-state index contributed by atoms with van der Waals surface area (Å²) in [5, 5.41) is 11.5. The maximum atomic E-state index is 12.9. The van der Waals surface area contributed by atoms with Crippen LogP contribution in [0.4, 0.5) is 0 Å². The normalized spacial score (nSPS) is 18.7. The van der Waals surface area contributed by atoms with E-state index in [0.29, 0.717) is 17.1 Å². The first-order chi connectivity index (χ1) is 13.4. The van der Waals surface area contributed by atoms with E-state index in [4.69, 9.17) is 11.6 Å². The molecule has 146 valence electrons. The Hall–Kier alpha value is -2.59. The summed E-state index contributed by atoms with van der Waals surface area (Å²) in [6.45, 7) is 4.53. The van der Waals surface area contributed by atoms with E-state index in [1.807, 2.05) is 31.2 Å². The van der Waals surface area contributed by atoms with Crippen LogP contribution in [0.3, 0.4) is 0 Å². The second kappa shape index (κ2) is 8.61. The standard InChI is InChI=1S/C23H24ClNO3/c1-3-4-5-13-25-20(17-8-6-7-15(2)14-17)19(22(27)23(25)28)21(26)16-9-11-18(24)12-10-16/h6-12,14,20,26H,3-5,13H2,1-2H3/b21-19-. The molecular formula is C23H24ClNO3. The number of ketones is 1. The molecule has 5 heteroatoms. The molecule has 0 aliphatic carbocycles. The summed E-state index contributed by atoms with van der Waals surface area (Å²) in [6.07, 6.45) is 2.80. The number of hydrogen-bond acceptors (Lipinski definition) is 3. The molecule has 0 spiro atoms. The van der Waals surface area contributed by atoms with Crippen LogP contribution in [0.2, 0.25) is 5.02 Å². The number of carbonyl (C=O) groups excluding carboxylic acids is 2. The minimum absolute atomic E-state index is 0.134. The summed E-state index contributed by atoms with van der Waals surface area (Å²) in [7, 11) is 0. The van der Waals surface area contributed by atoms with Crippen molar-refractivity contribution in [2.24, 2.45) is 0 Å². The number of nitrogens with zero attached hydrogens (tertiary/aromatic N) is 1. The van der Waals surface area contributed by atoms with Gasteiger partial charge in [-0.15, -0.1) is 0 Å². The van der Waals surface area contributed by atoms with Crippen molar-refractivity contribution in [3.63, 3.8) is 0 Å². The fourth-order valence-electron chi connectivity index (χ4n) is 3.59. The Morgan fingerprint density at radius 1 is 1.11 bits per heavy atom. The molecule has 2 aromatic carbocycles. The van der Waals surface area contributed by atoms with Crippen LogP contribution in [0.1, 0.15) is 48.9 Å². The first-order valence-corrected chi connectivity index (χ1v) is 9.92. The van der Waals surface area contributed by atoms with Gasteiger partial charge in [-0.2, -0.15) is 0 Å². The number of Topliss-reactive ketones (excluding diaryl/α,β-unsaturated/α-hetero) is 1.